The second-order valence-electron chi connectivity index (χ2n) is 5.81. The van der Waals surface area contributed by atoms with Gasteiger partial charge in [0.2, 0.25) is 0 Å². The van der Waals surface area contributed by atoms with E-state index in [1.165, 1.54) is 34.2 Å². The van der Waals surface area contributed by atoms with E-state index in [4.69, 9.17) is 0 Å². The highest BCUT2D eigenvalue weighted by atomic mass is 14.0. The highest BCUT2D eigenvalue weighted by molar-refractivity contribution is 5.63. The summed E-state index contributed by atoms with van der Waals surface area (Å²) in [5.41, 5.74) is 6.64. The van der Waals surface area contributed by atoms with Crippen LogP contribution in [-0.4, -0.2) is 0 Å². The van der Waals surface area contributed by atoms with Gasteiger partial charge >= 0.3 is 0 Å². The van der Waals surface area contributed by atoms with E-state index in [9.17, 15) is 0 Å². The van der Waals surface area contributed by atoms with Crippen LogP contribution in [0.15, 0.2) is 55.1 Å². The predicted molar refractivity (Wildman–Crippen MR) is 107 cm³/mol. The molecule has 0 nitrogen and oxygen atoms in total. The summed E-state index contributed by atoms with van der Waals surface area (Å²) in [4.78, 5) is 0. The number of allylic oxidation sites excluding steroid dienone is 1. The van der Waals surface area contributed by atoms with E-state index in [0.29, 0.717) is 0 Å². The summed E-state index contributed by atoms with van der Waals surface area (Å²) >= 11 is 0. The van der Waals surface area contributed by atoms with Crippen LogP contribution in [0.4, 0.5) is 0 Å². The molecule has 0 saturated carbocycles. The minimum absolute atomic E-state index is 1.03. The molecular formula is C23H34. The van der Waals surface area contributed by atoms with Crippen molar-refractivity contribution in [2.24, 2.45) is 0 Å². The molecule has 2 aromatic rings. The molecule has 0 heterocycles. The van der Waals surface area contributed by atoms with Crippen LogP contribution >= 0.6 is 0 Å². The molecule has 0 radical (unpaired) electrons. The largest absolute Gasteiger partial charge is 0.0952 e. The Kier molecular flexibility index (Phi) is 11.7. The number of hydrogen-bond acceptors (Lipinski definition) is 0. The molecular weight excluding hydrogens is 276 g/mol. The van der Waals surface area contributed by atoms with Crippen LogP contribution in [0.5, 0.6) is 0 Å². The van der Waals surface area contributed by atoms with Crippen molar-refractivity contribution in [3.8, 4) is 0 Å². The quantitative estimate of drug-likeness (QED) is 0.554. The molecule has 0 amide bonds. The van der Waals surface area contributed by atoms with Crippen molar-refractivity contribution in [2.75, 3.05) is 0 Å². The highest BCUT2D eigenvalue weighted by Gasteiger charge is 1.93. The van der Waals surface area contributed by atoms with Gasteiger partial charge in [0.25, 0.3) is 0 Å². The summed E-state index contributed by atoms with van der Waals surface area (Å²) in [6, 6.07) is 17.0. The monoisotopic (exact) mass is 310 g/mol. The van der Waals surface area contributed by atoms with Crippen LogP contribution in [0.25, 0.3) is 5.57 Å². The van der Waals surface area contributed by atoms with Crippen LogP contribution in [0.1, 0.15) is 62.8 Å². The van der Waals surface area contributed by atoms with Gasteiger partial charge in [-0.05, 0) is 49.0 Å². The number of rotatable bonds is 3. The van der Waals surface area contributed by atoms with E-state index in [0.717, 1.165) is 12.8 Å². The lowest BCUT2D eigenvalue weighted by Crippen LogP contribution is -1.82. The third-order valence-electron chi connectivity index (χ3n) is 3.53. The summed E-state index contributed by atoms with van der Waals surface area (Å²) in [5, 5.41) is 0. The molecule has 0 aliphatic carbocycles. The standard InChI is InChI=1S/C11H14.C9H12.C3H8/c1-4-10(3)11-7-5-9(2)6-8-11;1-3-9-7-5-4-6-8(9)2;1-3-2/h5-8H,3-4H2,1-2H3;4-7H,3H2,1-2H3;3H2,1-2H3. The molecule has 0 bridgehead atoms. The summed E-state index contributed by atoms with van der Waals surface area (Å²) in [5.74, 6) is 0. The van der Waals surface area contributed by atoms with Gasteiger partial charge < -0.3 is 0 Å². The van der Waals surface area contributed by atoms with Crippen molar-refractivity contribution in [1.82, 2.24) is 0 Å². The topological polar surface area (TPSA) is 0 Å². The average molecular weight is 311 g/mol. The van der Waals surface area contributed by atoms with Crippen molar-refractivity contribution < 1.29 is 0 Å². The molecule has 0 spiro atoms. The molecule has 0 aromatic heterocycles. The Morgan fingerprint density at radius 2 is 1.35 bits per heavy atom. The number of aryl methyl sites for hydroxylation is 3. The number of hydrogen-bond donors (Lipinski definition) is 0. The fourth-order valence-corrected chi connectivity index (χ4v) is 2.00. The minimum Gasteiger partial charge on any atom is -0.0952 e. The minimum atomic E-state index is 1.03. The van der Waals surface area contributed by atoms with Gasteiger partial charge in [0.05, 0.1) is 0 Å². The Labute approximate surface area is 144 Å². The molecule has 0 unspecified atom stereocenters. The van der Waals surface area contributed by atoms with Gasteiger partial charge in [-0.15, -0.1) is 0 Å². The smallest absolute Gasteiger partial charge is 0.0230 e. The first-order chi connectivity index (χ1) is 11.0. The molecule has 0 atom stereocenters. The van der Waals surface area contributed by atoms with Crippen molar-refractivity contribution in [2.45, 2.75) is 60.8 Å². The van der Waals surface area contributed by atoms with Crippen LogP contribution in [0.2, 0.25) is 0 Å². The Morgan fingerprint density at radius 3 is 1.74 bits per heavy atom. The lowest BCUT2D eigenvalue weighted by molar-refractivity contribution is 1.09. The van der Waals surface area contributed by atoms with E-state index in [-0.39, 0.29) is 0 Å². The molecule has 2 aromatic carbocycles. The fraction of sp³-hybridized carbons (Fsp3) is 0.391. The maximum atomic E-state index is 3.97. The van der Waals surface area contributed by atoms with Crippen LogP contribution in [0.3, 0.4) is 0 Å². The second kappa shape index (κ2) is 12.7. The maximum Gasteiger partial charge on any atom is -0.0230 e. The average Bonchev–Trinajstić information content (AvgIpc) is 2.56. The third kappa shape index (κ3) is 9.03. The first-order valence-corrected chi connectivity index (χ1v) is 8.79. The summed E-state index contributed by atoms with van der Waals surface area (Å²) < 4.78 is 0. The predicted octanol–water partition coefficient (Wildman–Crippen LogP) is 7.39. The van der Waals surface area contributed by atoms with Crippen LogP contribution in [0, 0.1) is 13.8 Å². The zero-order valence-corrected chi connectivity index (χ0v) is 15.9. The zero-order chi connectivity index (χ0) is 17.7. The molecule has 126 valence electrons. The summed E-state index contributed by atoms with van der Waals surface area (Å²) in [7, 11) is 0. The molecule has 0 aliphatic rings. The van der Waals surface area contributed by atoms with Crippen molar-refractivity contribution in [1.29, 1.82) is 0 Å². The van der Waals surface area contributed by atoms with Crippen molar-refractivity contribution >= 4 is 5.57 Å². The van der Waals surface area contributed by atoms with Gasteiger partial charge in [-0.25, -0.2) is 0 Å². The lowest BCUT2D eigenvalue weighted by atomic mass is 10.0. The third-order valence-corrected chi connectivity index (χ3v) is 3.53. The molecule has 0 saturated heterocycles. The molecule has 23 heavy (non-hydrogen) atoms. The second-order valence-corrected chi connectivity index (χ2v) is 5.81. The van der Waals surface area contributed by atoms with E-state index in [1.54, 1.807) is 0 Å². The van der Waals surface area contributed by atoms with E-state index < -0.39 is 0 Å². The Balaban J connectivity index is 0.000000365. The Hall–Kier alpha value is -1.82. The first kappa shape index (κ1) is 21.2. The Morgan fingerprint density at radius 1 is 0.826 bits per heavy atom. The van der Waals surface area contributed by atoms with Crippen LogP contribution < -0.4 is 0 Å². The molecule has 0 heteroatoms. The van der Waals surface area contributed by atoms with Gasteiger partial charge in [-0.1, -0.05) is 94.8 Å². The van der Waals surface area contributed by atoms with Gasteiger partial charge in [0, 0.05) is 0 Å². The summed E-state index contributed by atoms with van der Waals surface area (Å²) in [6.07, 6.45) is 3.43. The van der Waals surface area contributed by atoms with Crippen LogP contribution in [-0.2, 0) is 6.42 Å². The maximum absolute atomic E-state index is 3.97. The van der Waals surface area contributed by atoms with Gasteiger partial charge in [0.15, 0.2) is 0 Å². The molecule has 0 N–H and O–H groups in total. The van der Waals surface area contributed by atoms with E-state index >= 15 is 0 Å². The zero-order valence-electron chi connectivity index (χ0n) is 15.9. The van der Waals surface area contributed by atoms with Crippen molar-refractivity contribution in [3.05, 3.63) is 77.4 Å². The molecule has 0 fully saturated rings. The van der Waals surface area contributed by atoms with Gasteiger partial charge in [0.1, 0.15) is 0 Å². The molecule has 2 rings (SSSR count). The van der Waals surface area contributed by atoms with Gasteiger partial charge in [-0.2, -0.15) is 0 Å². The highest BCUT2D eigenvalue weighted by Crippen LogP contribution is 2.15. The SMILES string of the molecule is C=C(CC)c1ccc(C)cc1.CCC.CCc1ccccc1C. The summed E-state index contributed by atoms with van der Waals surface area (Å²) in [6.45, 7) is 16.8. The van der Waals surface area contributed by atoms with E-state index in [2.05, 4.69) is 96.7 Å². The fourth-order valence-electron chi connectivity index (χ4n) is 2.00. The lowest BCUT2D eigenvalue weighted by Gasteiger charge is -2.01. The number of benzene rings is 2. The Bertz CT molecular complexity index is 547. The van der Waals surface area contributed by atoms with E-state index in [1.807, 2.05) is 0 Å². The first-order valence-electron chi connectivity index (χ1n) is 8.79. The van der Waals surface area contributed by atoms with Gasteiger partial charge in [-0.3, -0.25) is 0 Å². The molecule has 0 aliphatic heterocycles. The van der Waals surface area contributed by atoms with Crippen molar-refractivity contribution in [3.63, 3.8) is 0 Å². The normalized spacial score (nSPS) is 9.13.